The molecule has 1 saturated carbocycles. The van der Waals surface area contributed by atoms with Gasteiger partial charge in [-0.25, -0.2) is 0 Å². The minimum atomic E-state index is -0.00747. The molecule has 0 amide bonds. The summed E-state index contributed by atoms with van der Waals surface area (Å²) < 4.78 is 0. The van der Waals surface area contributed by atoms with Crippen molar-refractivity contribution < 1.29 is 0 Å². The molecule has 0 aromatic heterocycles. The molecule has 1 rings (SSSR count). The zero-order valence-corrected chi connectivity index (χ0v) is 13.2. The molecule has 0 aliphatic heterocycles. The minimum absolute atomic E-state index is 0.00747. The summed E-state index contributed by atoms with van der Waals surface area (Å²) in [5, 5.41) is 3.18. The molecular formula is C15H32N4. The smallest absolute Gasteiger partial charge is 0.188 e. The molecule has 0 unspecified atom stereocenters. The van der Waals surface area contributed by atoms with Crippen LogP contribution in [0, 0.1) is 0 Å². The molecule has 0 spiro atoms. The maximum Gasteiger partial charge on any atom is 0.188 e. The second-order valence-corrected chi connectivity index (χ2v) is 6.77. The SMILES string of the molecule is CN(CCCN=C(N)NC(C)(C)C)C1CCCCC1. The highest BCUT2D eigenvalue weighted by Crippen LogP contribution is 2.21. The van der Waals surface area contributed by atoms with Crippen molar-refractivity contribution in [1.82, 2.24) is 10.2 Å². The van der Waals surface area contributed by atoms with Crippen molar-refractivity contribution in [2.75, 3.05) is 20.1 Å². The van der Waals surface area contributed by atoms with Gasteiger partial charge in [0.2, 0.25) is 0 Å². The first-order chi connectivity index (χ1) is 8.88. The Kier molecular flexibility index (Phi) is 6.63. The van der Waals surface area contributed by atoms with Crippen LogP contribution in [0.15, 0.2) is 4.99 Å². The number of hydrogen-bond donors (Lipinski definition) is 2. The van der Waals surface area contributed by atoms with Crippen LogP contribution in [0.25, 0.3) is 0 Å². The Morgan fingerprint density at radius 3 is 2.47 bits per heavy atom. The van der Waals surface area contributed by atoms with Crippen molar-refractivity contribution >= 4 is 5.96 Å². The van der Waals surface area contributed by atoms with Crippen LogP contribution in [0.2, 0.25) is 0 Å². The number of nitrogens with one attached hydrogen (secondary N) is 1. The van der Waals surface area contributed by atoms with Crippen LogP contribution < -0.4 is 11.1 Å². The van der Waals surface area contributed by atoms with Gasteiger partial charge in [-0.1, -0.05) is 19.3 Å². The summed E-state index contributed by atoms with van der Waals surface area (Å²) in [7, 11) is 2.25. The number of nitrogens with zero attached hydrogens (tertiary/aromatic N) is 2. The van der Waals surface area contributed by atoms with Gasteiger partial charge in [0.25, 0.3) is 0 Å². The molecule has 3 N–H and O–H groups in total. The predicted octanol–water partition coefficient (Wildman–Crippen LogP) is 2.34. The lowest BCUT2D eigenvalue weighted by Crippen LogP contribution is -2.45. The normalized spacial score (nSPS) is 18.9. The van der Waals surface area contributed by atoms with Gasteiger partial charge in [-0.2, -0.15) is 0 Å². The topological polar surface area (TPSA) is 53.6 Å². The molecule has 0 atom stereocenters. The van der Waals surface area contributed by atoms with E-state index < -0.39 is 0 Å². The fourth-order valence-corrected chi connectivity index (χ4v) is 2.65. The molecule has 0 aromatic carbocycles. The molecule has 1 fully saturated rings. The summed E-state index contributed by atoms with van der Waals surface area (Å²) in [4.78, 5) is 6.89. The Bertz CT molecular complexity index is 274. The first kappa shape index (κ1) is 16.3. The van der Waals surface area contributed by atoms with Gasteiger partial charge in [0, 0.05) is 18.1 Å². The van der Waals surface area contributed by atoms with E-state index >= 15 is 0 Å². The highest BCUT2D eigenvalue weighted by atomic mass is 15.1. The van der Waals surface area contributed by atoms with Crippen LogP contribution in [-0.2, 0) is 0 Å². The number of rotatable bonds is 5. The van der Waals surface area contributed by atoms with E-state index in [2.05, 4.69) is 43.0 Å². The third kappa shape index (κ3) is 7.41. The van der Waals surface area contributed by atoms with Gasteiger partial charge in [-0.05, 0) is 53.6 Å². The van der Waals surface area contributed by atoms with Crippen LogP contribution >= 0.6 is 0 Å². The van der Waals surface area contributed by atoms with Crippen molar-refractivity contribution in [2.24, 2.45) is 10.7 Å². The predicted molar refractivity (Wildman–Crippen MR) is 83.5 cm³/mol. The first-order valence-electron chi connectivity index (χ1n) is 7.67. The highest BCUT2D eigenvalue weighted by Gasteiger charge is 2.17. The fraction of sp³-hybridized carbons (Fsp3) is 0.933. The van der Waals surface area contributed by atoms with Crippen molar-refractivity contribution in [3.05, 3.63) is 0 Å². The van der Waals surface area contributed by atoms with Crippen molar-refractivity contribution in [1.29, 1.82) is 0 Å². The molecule has 1 aliphatic rings. The minimum Gasteiger partial charge on any atom is -0.370 e. The second-order valence-electron chi connectivity index (χ2n) is 6.77. The third-order valence-corrected chi connectivity index (χ3v) is 3.65. The maximum atomic E-state index is 5.84. The third-order valence-electron chi connectivity index (χ3n) is 3.65. The van der Waals surface area contributed by atoms with E-state index in [4.69, 9.17) is 5.73 Å². The first-order valence-corrected chi connectivity index (χ1v) is 7.67. The van der Waals surface area contributed by atoms with E-state index in [-0.39, 0.29) is 5.54 Å². The van der Waals surface area contributed by atoms with Gasteiger partial charge in [-0.3, -0.25) is 4.99 Å². The molecule has 0 radical (unpaired) electrons. The number of aliphatic imine (C=N–C) groups is 1. The fourth-order valence-electron chi connectivity index (χ4n) is 2.65. The Labute approximate surface area is 118 Å². The zero-order valence-electron chi connectivity index (χ0n) is 13.2. The monoisotopic (exact) mass is 268 g/mol. The van der Waals surface area contributed by atoms with Crippen LogP contribution in [0.1, 0.15) is 59.3 Å². The van der Waals surface area contributed by atoms with Crippen LogP contribution in [0.4, 0.5) is 0 Å². The molecule has 0 bridgehead atoms. The second kappa shape index (κ2) is 7.73. The van der Waals surface area contributed by atoms with Gasteiger partial charge in [0.1, 0.15) is 0 Å². The number of nitrogens with two attached hydrogens (primary N) is 1. The van der Waals surface area contributed by atoms with E-state index in [1.54, 1.807) is 0 Å². The Morgan fingerprint density at radius 1 is 1.26 bits per heavy atom. The molecule has 4 heteroatoms. The highest BCUT2D eigenvalue weighted by molar-refractivity contribution is 5.78. The molecule has 1 aliphatic carbocycles. The van der Waals surface area contributed by atoms with Crippen molar-refractivity contribution in [3.8, 4) is 0 Å². The lowest BCUT2D eigenvalue weighted by Gasteiger charge is -2.31. The standard InChI is InChI=1S/C15H32N4/c1-15(2,3)18-14(16)17-11-8-12-19(4)13-9-6-5-7-10-13/h13H,5-12H2,1-4H3,(H3,16,17,18). The van der Waals surface area contributed by atoms with Crippen LogP contribution in [0.5, 0.6) is 0 Å². The summed E-state index contributed by atoms with van der Waals surface area (Å²) >= 11 is 0. The molecule has 112 valence electrons. The largest absolute Gasteiger partial charge is 0.370 e. The van der Waals surface area contributed by atoms with Crippen LogP contribution in [-0.4, -0.2) is 42.6 Å². The Hall–Kier alpha value is -0.770. The van der Waals surface area contributed by atoms with Gasteiger partial charge >= 0.3 is 0 Å². The van der Waals surface area contributed by atoms with E-state index in [0.717, 1.165) is 25.6 Å². The summed E-state index contributed by atoms with van der Waals surface area (Å²) in [5.41, 5.74) is 5.84. The molecule has 4 nitrogen and oxygen atoms in total. The lowest BCUT2D eigenvalue weighted by atomic mass is 9.94. The quantitative estimate of drug-likeness (QED) is 0.457. The summed E-state index contributed by atoms with van der Waals surface area (Å²) in [6.45, 7) is 8.20. The van der Waals surface area contributed by atoms with E-state index in [1.165, 1.54) is 32.1 Å². The van der Waals surface area contributed by atoms with Gasteiger partial charge in [0.15, 0.2) is 5.96 Å². The Morgan fingerprint density at radius 2 is 1.89 bits per heavy atom. The molecule has 0 heterocycles. The maximum absolute atomic E-state index is 5.84. The zero-order chi connectivity index (χ0) is 14.3. The number of hydrogen-bond acceptors (Lipinski definition) is 2. The summed E-state index contributed by atoms with van der Waals surface area (Å²) in [6.07, 6.45) is 8.04. The number of guanidine groups is 1. The van der Waals surface area contributed by atoms with Gasteiger partial charge in [-0.15, -0.1) is 0 Å². The average Bonchev–Trinajstić information content (AvgIpc) is 2.33. The van der Waals surface area contributed by atoms with Gasteiger partial charge < -0.3 is 16.0 Å². The average molecular weight is 268 g/mol. The molecule has 19 heavy (non-hydrogen) atoms. The molecule has 0 aromatic rings. The Balaban J connectivity index is 2.17. The lowest BCUT2D eigenvalue weighted by molar-refractivity contribution is 0.191. The molecular weight excluding hydrogens is 236 g/mol. The summed E-state index contributed by atoms with van der Waals surface area (Å²) in [6, 6.07) is 0.794. The van der Waals surface area contributed by atoms with Gasteiger partial charge in [0.05, 0.1) is 0 Å². The van der Waals surface area contributed by atoms with E-state index in [9.17, 15) is 0 Å². The van der Waals surface area contributed by atoms with Crippen molar-refractivity contribution in [3.63, 3.8) is 0 Å². The van der Waals surface area contributed by atoms with E-state index in [1.807, 2.05) is 0 Å². The summed E-state index contributed by atoms with van der Waals surface area (Å²) in [5.74, 6) is 0.563. The van der Waals surface area contributed by atoms with E-state index in [0.29, 0.717) is 5.96 Å². The van der Waals surface area contributed by atoms with Crippen molar-refractivity contribution in [2.45, 2.75) is 70.9 Å². The molecule has 0 saturated heterocycles. The van der Waals surface area contributed by atoms with Crippen LogP contribution in [0.3, 0.4) is 0 Å².